The molecule has 0 aromatic heterocycles. The number of nitriles is 1. The number of hydrogen-bond acceptors (Lipinski definition) is 2. The van der Waals surface area contributed by atoms with Crippen molar-refractivity contribution in [2.45, 2.75) is 13.0 Å². The largest absolute Gasteiger partial charge is 0.326 e. The zero-order chi connectivity index (χ0) is 9.52. The molecule has 0 aliphatic heterocycles. The molecule has 1 rings (SSSR count). The lowest BCUT2D eigenvalue weighted by molar-refractivity contribution is 1.06. The summed E-state index contributed by atoms with van der Waals surface area (Å²) in [4.78, 5) is 0. The predicted molar refractivity (Wildman–Crippen MR) is 51.4 cm³/mol. The van der Waals surface area contributed by atoms with Crippen molar-refractivity contribution in [2.24, 2.45) is 5.73 Å². The molecule has 0 heterocycles. The maximum absolute atomic E-state index is 8.29. The summed E-state index contributed by atoms with van der Waals surface area (Å²) in [6, 6.07) is 9.66. The molecule has 2 N–H and O–H groups in total. The third kappa shape index (κ3) is 2.63. The van der Waals surface area contributed by atoms with Crippen LogP contribution in [0.1, 0.15) is 17.5 Å². The standard InChI is InChI=1S/C11H10N2/c12-8-4-3-6-10-5-1-2-7-11(10)9-13/h1-2,5,7H,4,9,13H2. The van der Waals surface area contributed by atoms with Gasteiger partial charge >= 0.3 is 0 Å². The summed E-state index contributed by atoms with van der Waals surface area (Å²) < 4.78 is 0. The van der Waals surface area contributed by atoms with E-state index in [0.29, 0.717) is 6.54 Å². The molecule has 13 heavy (non-hydrogen) atoms. The number of rotatable bonds is 1. The summed E-state index contributed by atoms with van der Waals surface area (Å²) in [7, 11) is 0. The molecule has 0 fully saturated rings. The third-order valence-corrected chi connectivity index (χ3v) is 1.63. The van der Waals surface area contributed by atoms with Crippen molar-refractivity contribution in [2.75, 3.05) is 0 Å². The van der Waals surface area contributed by atoms with E-state index in [9.17, 15) is 0 Å². The lowest BCUT2D eigenvalue weighted by Crippen LogP contribution is -1.98. The summed E-state index contributed by atoms with van der Waals surface area (Å²) in [6.45, 7) is 0.484. The van der Waals surface area contributed by atoms with E-state index in [4.69, 9.17) is 11.0 Å². The van der Waals surface area contributed by atoms with Gasteiger partial charge in [0.15, 0.2) is 0 Å². The van der Waals surface area contributed by atoms with Gasteiger partial charge in [-0.3, -0.25) is 0 Å². The predicted octanol–water partition coefficient (Wildman–Crippen LogP) is 1.41. The molecule has 0 spiro atoms. The highest BCUT2D eigenvalue weighted by Crippen LogP contribution is 2.05. The molecule has 2 heteroatoms. The van der Waals surface area contributed by atoms with Gasteiger partial charge in [0.25, 0.3) is 0 Å². The van der Waals surface area contributed by atoms with E-state index in [1.807, 2.05) is 30.3 Å². The second-order valence-electron chi connectivity index (χ2n) is 2.50. The molecule has 0 saturated heterocycles. The Bertz CT molecular complexity index is 377. The van der Waals surface area contributed by atoms with Gasteiger partial charge in [-0.1, -0.05) is 30.0 Å². The number of hydrogen-bond donors (Lipinski definition) is 1. The fraction of sp³-hybridized carbons (Fsp3) is 0.182. The van der Waals surface area contributed by atoms with Crippen LogP contribution in [0.4, 0.5) is 0 Å². The van der Waals surface area contributed by atoms with Crippen molar-refractivity contribution in [3.05, 3.63) is 35.4 Å². The van der Waals surface area contributed by atoms with E-state index >= 15 is 0 Å². The van der Waals surface area contributed by atoms with E-state index in [-0.39, 0.29) is 6.42 Å². The molecule has 64 valence electrons. The monoisotopic (exact) mass is 170 g/mol. The first-order valence-corrected chi connectivity index (χ1v) is 4.02. The van der Waals surface area contributed by atoms with Crippen molar-refractivity contribution in [3.8, 4) is 17.9 Å². The highest BCUT2D eigenvalue weighted by atomic mass is 14.5. The lowest BCUT2D eigenvalue weighted by Gasteiger charge is -1.98. The lowest BCUT2D eigenvalue weighted by atomic mass is 10.1. The molecule has 2 nitrogen and oxygen atoms in total. The Morgan fingerprint density at radius 3 is 2.77 bits per heavy atom. The van der Waals surface area contributed by atoms with Crippen LogP contribution in [0.15, 0.2) is 24.3 Å². The summed E-state index contributed by atoms with van der Waals surface area (Å²) in [5.41, 5.74) is 7.46. The molecule has 1 aromatic rings. The first-order chi connectivity index (χ1) is 6.38. The molecule has 0 bridgehead atoms. The molecule has 0 aliphatic rings. The molecule has 0 radical (unpaired) electrons. The number of nitrogens with two attached hydrogens (primary N) is 1. The van der Waals surface area contributed by atoms with Crippen LogP contribution >= 0.6 is 0 Å². The van der Waals surface area contributed by atoms with Gasteiger partial charge in [-0.25, -0.2) is 0 Å². The van der Waals surface area contributed by atoms with Crippen LogP contribution in [0.3, 0.4) is 0 Å². The van der Waals surface area contributed by atoms with E-state index in [0.717, 1.165) is 11.1 Å². The molecule has 0 saturated carbocycles. The Balaban J connectivity index is 2.90. The van der Waals surface area contributed by atoms with Crippen LogP contribution in [0, 0.1) is 23.2 Å². The zero-order valence-corrected chi connectivity index (χ0v) is 7.25. The highest BCUT2D eigenvalue weighted by molar-refractivity contribution is 5.41. The SMILES string of the molecule is N#CCC#Cc1ccccc1CN. The highest BCUT2D eigenvalue weighted by Gasteiger charge is 1.93. The van der Waals surface area contributed by atoms with E-state index in [1.165, 1.54) is 0 Å². The fourth-order valence-electron chi connectivity index (χ4n) is 0.999. The molecule has 0 atom stereocenters. The Morgan fingerprint density at radius 1 is 1.31 bits per heavy atom. The van der Waals surface area contributed by atoms with Crippen molar-refractivity contribution < 1.29 is 0 Å². The smallest absolute Gasteiger partial charge is 0.0966 e. The van der Waals surface area contributed by atoms with Gasteiger partial charge in [-0.05, 0) is 11.6 Å². The van der Waals surface area contributed by atoms with Gasteiger partial charge in [-0.2, -0.15) is 5.26 Å². The molecular formula is C11H10N2. The van der Waals surface area contributed by atoms with E-state index in [2.05, 4.69) is 11.8 Å². The third-order valence-electron chi connectivity index (χ3n) is 1.63. The van der Waals surface area contributed by atoms with Crippen LogP contribution in [0.2, 0.25) is 0 Å². The van der Waals surface area contributed by atoms with Crippen LogP contribution in [0.25, 0.3) is 0 Å². The number of benzene rings is 1. The summed E-state index contributed by atoms with van der Waals surface area (Å²) >= 11 is 0. The van der Waals surface area contributed by atoms with Gasteiger partial charge < -0.3 is 5.73 Å². The minimum Gasteiger partial charge on any atom is -0.326 e. The topological polar surface area (TPSA) is 49.8 Å². The second-order valence-corrected chi connectivity index (χ2v) is 2.50. The summed E-state index contributed by atoms with van der Waals surface area (Å²) in [5.74, 6) is 5.67. The molecule has 0 unspecified atom stereocenters. The van der Waals surface area contributed by atoms with Gasteiger partial charge in [0.2, 0.25) is 0 Å². The summed E-state index contributed by atoms with van der Waals surface area (Å²) in [5, 5.41) is 8.29. The van der Waals surface area contributed by atoms with Crippen LogP contribution in [0.5, 0.6) is 0 Å². The summed E-state index contributed by atoms with van der Waals surface area (Å²) in [6.07, 6.45) is 0.263. The number of nitrogens with zero attached hydrogens (tertiary/aromatic N) is 1. The Kier molecular flexibility index (Phi) is 3.57. The van der Waals surface area contributed by atoms with E-state index in [1.54, 1.807) is 0 Å². The molecule has 0 aliphatic carbocycles. The molecule has 0 amide bonds. The van der Waals surface area contributed by atoms with Gasteiger partial charge in [0.1, 0.15) is 0 Å². The van der Waals surface area contributed by atoms with Gasteiger partial charge in [0, 0.05) is 12.1 Å². The Labute approximate surface area is 78.0 Å². The second kappa shape index (κ2) is 4.98. The minimum atomic E-state index is 0.263. The first kappa shape index (κ1) is 9.32. The quantitative estimate of drug-likeness (QED) is 0.648. The van der Waals surface area contributed by atoms with Crippen molar-refractivity contribution >= 4 is 0 Å². The average molecular weight is 170 g/mol. The maximum atomic E-state index is 8.29. The van der Waals surface area contributed by atoms with E-state index < -0.39 is 0 Å². The minimum absolute atomic E-state index is 0.263. The van der Waals surface area contributed by atoms with Crippen LogP contribution in [-0.4, -0.2) is 0 Å². The maximum Gasteiger partial charge on any atom is 0.0966 e. The first-order valence-electron chi connectivity index (χ1n) is 4.02. The zero-order valence-electron chi connectivity index (χ0n) is 7.25. The Morgan fingerprint density at radius 2 is 2.08 bits per heavy atom. The van der Waals surface area contributed by atoms with Gasteiger partial charge in [-0.15, -0.1) is 0 Å². The van der Waals surface area contributed by atoms with Crippen molar-refractivity contribution in [1.82, 2.24) is 0 Å². The average Bonchev–Trinajstić information content (AvgIpc) is 2.19. The normalized spacial score (nSPS) is 8.31. The van der Waals surface area contributed by atoms with Gasteiger partial charge in [0.05, 0.1) is 12.5 Å². The van der Waals surface area contributed by atoms with Crippen LogP contribution in [-0.2, 0) is 6.54 Å². The molecule has 1 aromatic carbocycles. The Hall–Kier alpha value is -1.77. The fourth-order valence-corrected chi connectivity index (χ4v) is 0.999. The van der Waals surface area contributed by atoms with Crippen LogP contribution < -0.4 is 5.73 Å². The van der Waals surface area contributed by atoms with Crippen molar-refractivity contribution in [1.29, 1.82) is 5.26 Å². The molecular weight excluding hydrogens is 160 g/mol. The van der Waals surface area contributed by atoms with Crippen molar-refractivity contribution in [3.63, 3.8) is 0 Å².